The van der Waals surface area contributed by atoms with Crippen molar-refractivity contribution in [3.8, 4) is 0 Å². The molecule has 0 aliphatic heterocycles. The maximum Gasteiger partial charge on any atom is 0.0195 e. The molecule has 1 saturated carbocycles. The third kappa shape index (κ3) is 3.28. The van der Waals surface area contributed by atoms with Crippen LogP contribution in [0, 0.1) is 0 Å². The van der Waals surface area contributed by atoms with Crippen LogP contribution in [-0.2, 0) is 0 Å². The Balaban J connectivity index is 2.53. The summed E-state index contributed by atoms with van der Waals surface area (Å²) in [6.07, 6.45) is 6.30. The molecule has 1 rings (SSSR count). The molecule has 2 unspecified atom stereocenters. The molecule has 0 saturated heterocycles. The van der Waals surface area contributed by atoms with E-state index < -0.39 is 0 Å². The van der Waals surface area contributed by atoms with Crippen molar-refractivity contribution in [2.24, 2.45) is 5.73 Å². The van der Waals surface area contributed by atoms with Gasteiger partial charge in [-0.05, 0) is 32.6 Å². The van der Waals surface area contributed by atoms with Gasteiger partial charge in [0.1, 0.15) is 0 Å². The van der Waals surface area contributed by atoms with Crippen molar-refractivity contribution in [2.75, 3.05) is 0 Å². The second-order valence-electron chi connectivity index (χ2n) is 4.42. The molecule has 2 N–H and O–H groups in total. The first kappa shape index (κ1) is 9.78. The minimum Gasteiger partial charge on any atom is -0.325 e. The minimum absolute atomic E-state index is 0.114. The lowest BCUT2D eigenvalue weighted by Gasteiger charge is -2.23. The van der Waals surface area contributed by atoms with Gasteiger partial charge in [-0.3, -0.25) is 0 Å². The summed E-state index contributed by atoms with van der Waals surface area (Å²) in [7, 11) is 0. The molecule has 2 heteroatoms. The van der Waals surface area contributed by atoms with E-state index in [1.807, 2.05) is 0 Å². The molecule has 11 heavy (non-hydrogen) atoms. The lowest BCUT2D eigenvalue weighted by atomic mass is 9.94. The van der Waals surface area contributed by atoms with Gasteiger partial charge in [-0.2, -0.15) is 0 Å². The molecule has 1 aliphatic rings. The van der Waals surface area contributed by atoms with E-state index in [9.17, 15) is 0 Å². The Hall–Kier alpha value is 0.690. The molecule has 0 aromatic heterocycles. The largest absolute Gasteiger partial charge is 0.325 e. The lowest BCUT2D eigenvalue weighted by Crippen LogP contribution is -2.35. The average molecular weight is 267 g/mol. The smallest absolute Gasteiger partial charge is 0.0195 e. The standard InChI is InChI=1S/C9H18IN/c1-8(10)4-3-5-9(2,11)7-6-8/h3-7,11H2,1-2H3. The monoisotopic (exact) mass is 267 g/mol. The number of hydrogen-bond donors (Lipinski definition) is 1. The van der Waals surface area contributed by atoms with Gasteiger partial charge in [-0.1, -0.05) is 35.9 Å². The van der Waals surface area contributed by atoms with E-state index in [-0.39, 0.29) is 5.54 Å². The highest BCUT2D eigenvalue weighted by Gasteiger charge is 2.29. The van der Waals surface area contributed by atoms with Gasteiger partial charge in [0.05, 0.1) is 0 Å². The second kappa shape index (κ2) is 3.21. The van der Waals surface area contributed by atoms with Crippen LogP contribution in [-0.4, -0.2) is 8.96 Å². The Morgan fingerprint density at radius 3 is 2.36 bits per heavy atom. The summed E-state index contributed by atoms with van der Waals surface area (Å²) in [5.41, 5.74) is 6.21. The first-order chi connectivity index (χ1) is 4.91. The molecular formula is C9H18IN. The number of nitrogens with two attached hydrogens (primary N) is 1. The third-order valence-electron chi connectivity index (χ3n) is 2.66. The van der Waals surface area contributed by atoms with Crippen LogP contribution in [0.1, 0.15) is 46.0 Å². The van der Waals surface area contributed by atoms with Crippen molar-refractivity contribution in [2.45, 2.75) is 54.9 Å². The highest BCUT2D eigenvalue weighted by Crippen LogP contribution is 2.37. The van der Waals surface area contributed by atoms with E-state index >= 15 is 0 Å². The molecule has 0 aromatic carbocycles. The highest BCUT2D eigenvalue weighted by molar-refractivity contribution is 14.1. The Morgan fingerprint density at radius 2 is 1.73 bits per heavy atom. The second-order valence-corrected chi connectivity index (χ2v) is 7.03. The van der Waals surface area contributed by atoms with Gasteiger partial charge in [0, 0.05) is 8.96 Å². The summed E-state index contributed by atoms with van der Waals surface area (Å²) in [5.74, 6) is 0. The van der Waals surface area contributed by atoms with E-state index in [2.05, 4.69) is 36.4 Å². The van der Waals surface area contributed by atoms with Crippen LogP contribution in [0.2, 0.25) is 0 Å². The zero-order valence-electron chi connectivity index (χ0n) is 7.49. The first-order valence-corrected chi connectivity index (χ1v) is 5.47. The summed E-state index contributed by atoms with van der Waals surface area (Å²) in [4.78, 5) is 0. The SMILES string of the molecule is CC1(N)CCCC(C)(I)CC1. The Kier molecular flexibility index (Phi) is 2.85. The van der Waals surface area contributed by atoms with Gasteiger partial charge in [-0.15, -0.1) is 0 Å². The molecule has 1 fully saturated rings. The zero-order chi connectivity index (χ0) is 8.54. The van der Waals surface area contributed by atoms with Crippen molar-refractivity contribution >= 4 is 22.6 Å². The predicted molar refractivity (Wildman–Crippen MR) is 58.1 cm³/mol. The maximum atomic E-state index is 6.10. The molecule has 0 spiro atoms. The van der Waals surface area contributed by atoms with Crippen molar-refractivity contribution < 1.29 is 0 Å². The maximum absolute atomic E-state index is 6.10. The number of halogens is 1. The summed E-state index contributed by atoms with van der Waals surface area (Å²) in [5, 5.41) is 0. The van der Waals surface area contributed by atoms with E-state index in [4.69, 9.17) is 5.73 Å². The van der Waals surface area contributed by atoms with E-state index in [0.717, 1.165) is 0 Å². The van der Waals surface area contributed by atoms with Crippen molar-refractivity contribution in [3.63, 3.8) is 0 Å². The Morgan fingerprint density at radius 1 is 1.09 bits per heavy atom. The zero-order valence-corrected chi connectivity index (χ0v) is 9.65. The third-order valence-corrected chi connectivity index (χ3v) is 3.74. The summed E-state index contributed by atoms with van der Waals surface area (Å²) < 4.78 is 0.509. The van der Waals surface area contributed by atoms with Crippen LogP contribution >= 0.6 is 22.6 Å². The van der Waals surface area contributed by atoms with Gasteiger partial charge in [0.15, 0.2) is 0 Å². The van der Waals surface area contributed by atoms with Crippen molar-refractivity contribution in [3.05, 3.63) is 0 Å². The summed E-state index contributed by atoms with van der Waals surface area (Å²) >= 11 is 2.58. The molecule has 0 amide bonds. The van der Waals surface area contributed by atoms with Crippen LogP contribution in [0.15, 0.2) is 0 Å². The highest BCUT2D eigenvalue weighted by atomic mass is 127. The fourth-order valence-corrected chi connectivity index (χ4v) is 2.31. The molecule has 66 valence electrons. The fourth-order valence-electron chi connectivity index (χ4n) is 1.66. The van der Waals surface area contributed by atoms with E-state index in [1.165, 1.54) is 32.1 Å². The van der Waals surface area contributed by atoms with Crippen LogP contribution in [0.3, 0.4) is 0 Å². The molecular weight excluding hydrogens is 249 g/mol. The Bertz CT molecular complexity index is 124. The van der Waals surface area contributed by atoms with Gasteiger partial charge in [0.2, 0.25) is 0 Å². The quantitative estimate of drug-likeness (QED) is 0.407. The normalized spacial score (nSPS) is 46.9. The van der Waals surface area contributed by atoms with Crippen LogP contribution < -0.4 is 5.73 Å². The van der Waals surface area contributed by atoms with E-state index in [1.54, 1.807) is 0 Å². The van der Waals surface area contributed by atoms with E-state index in [0.29, 0.717) is 3.42 Å². The van der Waals surface area contributed by atoms with Crippen molar-refractivity contribution in [1.82, 2.24) is 0 Å². The predicted octanol–water partition coefficient (Wildman–Crippen LogP) is 2.86. The van der Waals surface area contributed by atoms with Gasteiger partial charge < -0.3 is 5.73 Å². The average Bonchev–Trinajstić information content (AvgIpc) is 1.92. The summed E-state index contributed by atoms with van der Waals surface area (Å²) in [6, 6.07) is 0. The topological polar surface area (TPSA) is 26.0 Å². The fraction of sp³-hybridized carbons (Fsp3) is 1.00. The molecule has 1 nitrogen and oxygen atoms in total. The summed E-state index contributed by atoms with van der Waals surface area (Å²) in [6.45, 7) is 4.53. The molecule has 1 aliphatic carbocycles. The minimum atomic E-state index is 0.114. The number of hydrogen-bond acceptors (Lipinski definition) is 1. The molecule has 0 heterocycles. The van der Waals surface area contributed by atoms with Gasteiger partial charge in [0.25, 0.3) is 0 Å². The Labute approximate surface area is 83.3 Å². The molecule has 2 atom stereocenters. The van der Waals surface area contributed by atoms with Crippen LogP contribution in [0.25, 0.3) is 0 Å². The number of alkyl halides is 1. The first-order valence-electron chi connectivity index (χ1n) is 4.39. The lowest BCUT2D eigenvalue weighted by molar-refractivity contribution is 0.406. The molecule has 0 bridgehead atoms. The van der Waals surface area contributed by atoms with Crippen LogP contribution in [0.5, 0.6) is 0 Å². The van der Waals surface area contributed by atoms with Gasteiger partial charge in [-0.25, -0.2) is 0 Å². The molecule has 0 aromatic rings. The number of rotatable bonds is 0. The molecule has 0 radical (unpaired) electrons. The van der Waals surface area contributed by atoms with Gasteiger partial charge >= 0.3 is 0 Å². The van der Waals surface area contributed by atoms with Crippen LogP contribution in [0.4, 0.5) is 0 Å². The van der Waals surface area contributed by atoms with Crippen molar-refractivity contribution in [1.29, 1.82) is 0 Å².